The van der Waals surface area contributed by atoms with Crippen LogP contribution in [0, 0.1) is 0 Å². The first kappa shape index (κ1) is 11.7. The Morgan fingerprint density at radius 1 is 1.00 bits per heavy atom. The quantitative estimate of drug-likeness (QED) is 0.647. The van der Waals surface area contributed by atoms with E-state index in [0.29, 0.717) is 0 Å². The van der Waals surface area contributed by atoms with Gasteiger partial charge >= 0.3 is 11.9 Å². The summed E-state index contributed by atoms with van der Waals surface area (Å²) >= 11 is 0. The summed E-state index contributed by atoms with van der Waals surface area (Å²) in [4.78, 5) is 20.8. The van der Waals surface area contributed by atoms with E-state index in [9.17, 15) is 9.59 Å². The monoisotopic (exact) mass is 196 g/mol. The fourth-order valence-electron chi connectivity index (χ4n) is 0.785. The van der Waals surface area contributed by atoms with Crippen LogP contribution >= 0.6 is 0 Å². The fourth-order valence-corrected chi connectivity index (χ4v) is 0.785. The van der Waals surface area contributed by atoms with Gasteiger partial charge in [-0.2, -0.15) is 0 Å². The summed E-state index contributed by atoms with van der Waals surface area (Å²) in [5.41, 5.74) is -0.0372. The Morgan fingerprint density at radius 3 is 1.69 bits per heavy atom. The van der Waals surface area contributed by atoms with Gasteiger partial charge in [-0.3, -0.25) is 0 Å². The van der Waals surface area contributed by atoms with Crippen molar-refractivity contribution >= 4 is 29.3 Å². The number of hydrogen-bond donors (Lipinski definition) is 2. The van der Waals surface area contributed by atoms with Crippen molar-refractivity contribution in [1.82, 2.24) is 0 Å². The molecule has 68 valence electrons. The van der Waals surface area contributed by atoms with Gasteiger partial charge in [-0.1, -0.05) is 6.07 Å². The number of hydrogen-bond acceptors (Lipinski definition) is 2. The fraction of sp³-hybridized carbons (Fsp3) is 0. The van der Waals surface area contributed by atoms with E-state index in [-0.39, 0.29) is 28.5 Å². The number of benzene rings is 1. The molecule has 13 heavy (non-hydrogen) atoms. The molecule has 4 nitrogen and oxygen atoms in total. The molecular weight excluding hydrogens is 187 g/mol. The van der Waals surface area contributed by atoms with E-state index in [4.69, 9.17) is 10.2 Å². The normalized spacial score (nSPS) is 8.62. The molecule has 1 aromatic rings. The van der Waals surface area contributed by atoms with Crippen molar-refractivity contribution in [3.63, 3.8) is 0 Å². The van der Waals surface area contributed by atoms with Crippen LogP contribution in [0.5, 0.6) is 0 Å². The number of carboxylic acid groups (broad SMARTS) is 2. The average Bonchev–Trinajstić information content (AvgIpc) is 2.04. The topological polar surface area (TPSA) is 74.6 Å². The van der Waals surface area contributed by atoms with Crippen LogP contribution in [-0.4, -0.2) is 39.5 Å². The lowest BCUT2D eigenvalue weighted by atomic mass is 10.1. The van der Waals surface area contributed by atoms with Crippen LogP contribution in [-0.2, 0) is 0 Å². The van der Waals surface area contributed by atoms with Gasteiger partial charge in [0.1, 0.15) is 0 Å². The molecule has 1 aromatic carbocycles. The molecule has 0 unspecified atom stereocenters. The third-order valence-electron chi connectivity index (χ3n) is 1.36. The second-order valence-electron chi connectivity index (χ2n) is 2.19. The molecule has 0 aliphatic rings. The zero-order valence-corrected chi connectivity index (χ0v) is 6.02. The molecule has 0 saturated carbocycles. The van der Waals surface area contributed by atoms with E-state index < -0.39 is 11.9 Å². The zero-order chi connectivity index (χ0) is 9.14. The van der Waals surface area contributed by atoms with Gasteiger partial charge in [0.25, 0.3) is 0 Å². The van der Waals surface area contributed by atoms with Crippen molar-refractivity contribution in [3.8, 4) is 0 Å². The van der Waals surface area contributed by atoms with E-state index in [1.54, 1.807) is 0 Å². The van der Waals surface area contributed by atoms with Crippen LogP contribution < -0.4 is 0 Å². The van der Waals surface area contributed by atoms with Gasteiger partial charge in [0.2, 0.25) is 0 Å². The van der Waals surface area contributed by atoms with Crippen LogP contribution in [0.25, 0.3) is 0 Å². The van der Waals surface area contributed by atoms with Crippen LogP contribution in [0.4, 0.5) is 0 Å². The third kappa shape index (κ3) is 2.90. The SMILES string of the molecule is O=C(O)c1cccc(C(=O)O)c1.[AlH3]. The molecule has 0 heterocycles. The second-order valence-corrected chi connectivity index (χ2v) is 2.19. The Balaban J connectivity index is 0.00000144. The van der Waals surface area contributed by atoms with E-state index in [2.05, 4.69) is 0 Å². The minimum atomic E-state index is -1.13. The van der Waals surface area contributed by atoms with E-state index >= 15 is 0 Å². The van der Waals surface area contributed by atoms with Crippen LogP contribution in [0.2, 0.25) is 0 Å². The van der Waals surface area contributed by atoms with E-state index in [1.807, 2.05) is 0 Å². The molecule has 1 rings (SSSR count). The Labute approximate surface area is 84.9 Å². The first-order chi connectivity index (χ1) is 5.61. The molecule has 0 amide bonds. The summed E-state index contributed by atoms with van der Waals surface area (Å²) < 4.78 is 0. The van der Waals surface area contributed by atoms with Crippen LogP contribution in [0.1, 0.15) is 20.7 Å². The van der Waals surface area contributed by atoms with Crippen molar-refractivity contribution in [2.45, 2.75) is 0 Å². The lowest BCUT2D eigenvalue weighted by molar-refractivity contribution is 0.0696. The predicted octanol–water partition coefficient (Wildman–Crippen LogP) is -0.101. The molecule has 2 N–H and O–H groups in total. The largest absolute Gasteiger partial charge is 0.478 e. The first-order valence-corrected chi connectivity index (χ1v) is 3.18. The highest BCUT2D eigenvalue weighted by Crippen LogP contribution is 2.04. The molecule has 0 aliphatic carbocycles. The molecule has 0 aliphatic heterocycles. The van der Waals surface area contributed by atoms with E-state index in [0.717, 1.165) is 6.07 Å². The summed E-state index contributed by atoms with van der Waals surface area (Å²) in [7, 11) is 0. The van der Waals surface area contributed by atoms with Crippen molar-refractivity contribution < 1.29 is 19.8 Å². The van der Waals surface area contributed by atoms with Crippen molar-refractivity contribution in [3.05, 3.63) is 35.4 Å². The summed E-state index contributed by atoms with van der Waals surface area (Å²) in [6.07, 6.45) is 0. The maximum atomic E-state index is 10.4. The number of carbonyl (C=O) groups is 2. The minimum Gasteiger partial charge on any atom is -0.478 e. The van der Waals surface area contributed by atoms with Gasteiger partial charge in [0, 0.05) is 0 Å². The summed E-state index contributed by atoms with van der Waals surface area (Å²) in [6, 6.07) is 5.20. The van der Waals surface area contributed by atoms with Crippen molar-refractivity contribution in [2.24, 2.45) is 0 Å². The van der Waals surface area contributed by atoms with Crippen LogP contribution in [0.15, 0.2) is 24.3 Å². The van der Waals surface area contributed by atoms with Gasteiger partial charge < -0.3 is 10.2 Å². The van der Waals surface area contributed by atoms with Crippen molar-refractivity contribution in [1.29, 1.82) is 0 Å². The Hall–Kier alpha value is -1.31. The molecule has 5 heteroatoms. The number of rotatable bonds is 2. The molecule has 0 fully saturated rings. The smallest absolute Gasteiger partial charge is 0.335 e. The lowest BCUT2D eigenvalue weighted by Gasteiger charge is -1.95. The summed E-state index contributed by atoms with van der Waals surface area (Å²) in [6.45, 7) is 0. The Bertz CT molecular complexity index is 305. The average molecular weight is 196 g/mol. The predicted molar refractivity (Wildman–Crippen MR) is 50.3 cm³/mol. The third-order valence-corrected chi connectivity index (χ3v) is 1.36. The maximum Gasteiger partial charge on any atom is 0.335 e. The molecular formula is C8H9AlO4. The molecule has 0 atom stereocenters. The Morgan fingerprint density at radius 2 is 1.38 bits per heavy atom. The number of aromatic carboxylic acids is 2. The zero-order valence-electron chi connectivity index (χ0n) is 6.02. The molecule has 0 radical (unpaired) electrons. The second kappa shape index (κ2) is 4.65. The lowest BCUT2D eigenvalue weighted by Crippen LogP contribution is -2.01. The van der Waals surface area contributed by atoms with Crippen molar-refractivity contribution in [2.75, 3.05) is 0 Å². The minimum absolute atomic E-state index is 0. The number of carboxylic acids is 2. The summed E-state index contributed by atoms with van der Waals surface area (Å²) in [5, 5.41) is 17.0. The first-order valence-electron chi connectivity index (χ1n) is 3.18. The van der Waals surface area contributed by atoms with Gasteiger partial charge in [-0.25, -0.2) is 9.59 Å². The maximum absolute atomic E-state index is 10.4. The highest BCUT2D eigenvalue weighted by molar-refractivity contribution is 5.93. The summed E-state index contributed by atoms with van der Waals surface area (Å²) in [5.74, 6) is -2.25. The molecule has 0 bridgehead atoms. The Kier molecular flexibility index (Phi) is 4.19. The van der Waals surface area contributed by atoms with E-state index in [1.165, 1.54) is 18.2 Å². The van der Waals surface area contributed by atoms with Gasteiger partial charge in [-0.05, 0) is 18.2 Å². The molecule has 0 saturated heterocycles. The van der Waals surface area contributed by atoms with Gasteiger partial charge in [0.05, 0.1) is 11.1 Å². The van der Waals surface area contributed by atoms with Gasteiger partial charge in [0.15, 0.2) is 17.4 Å². The molecule has 0 spiro atoms. The molecule has 0 aromatic heterocycles. The highest BCUT2D eigenvalue weighted by Gasteiger charge is 2.06. The highest BCUT2D eigenvalue weighted by atomic mass is 27.0. The standard InChI is InChI=1S/C8H6O4.Al.3H/c9-7(10)5-2-1-3-6(4-5)8(11)12;;;;/h1-4H,(H,9,10)(H,11,12);;;;. The van der Waals surface area contributed by atoms with Gasteiger partial charge in [-0.15, -0.1) is 0 Å². The van der Waals surface area contributed by atoms with Crippen LogP contribution in [0.3, 0.4) is 0 Å².